The van der Waals surface area contributed by atoms with Crippen molar-refractivity contribution in [1.29, 1.82) is 0 Å². The van der Waals surface area contributed by atoms with Gasteiger partial charge in [0.2, 0.25) is 17.8 Å². The zero-order valence-electron chi connectivity index (χ0n) is 27.8. The number of phenolic OH excluding ortho intramolecular Hbond substituents is 1. The number of hydrogen-bond acceptors (Lipinski definition) is 10. The number of nitrogen functional groups attached to an aromatic ring is 1. The van der Waals surface area contributed by atoms with Crippen LogP contribution in [0, 0.1) is 5.95 Å². The first-order valence-electron chi connectivity index (χ1n) is 17.6. The molecule has 0 bridgehead atoms. The van der Waals surface area contributed by atoms with Crippen LogP contribution in [0.3, 0.4) is 0 Å². The monoisotopic (exact) mass is 680 g/mol. The first-order chi connectivity index (χ1) is 24.4. The van der Waals surface area contributed by atoms with Crippen LogP contribution in [0.1, 0.15) is 68.9 Å². The van der Waals surface area contributed by atoms with Crippen LogP contribution < -0.4 is 20.7 Å². The van der Waals surface area contributed by atoms with E-state index in [1.165, 1.54) is 16.4 Å². The number of aromatic nitrogens is 4. The Morgan fingerprint density at radius 2 is 1.68 bits per heavy atom. The van der Waals surface area contributed by atoms with Crippen molar-refractivity contribution >= 4 is 23.3 Å². The van der Waals surface area contributed by atoms with Crippen molar-refractivity contribution in [3.05, 3.63) is 66.2 Å². The summed E-state index contributed by atoms with van der Waals surface area (Å²) >= 11 is 0. The number of carbonyl (C=O) groups is 2. The van der Waals surface area contributed by atoms with Gasteiger partial charge in [0.25, 0.3) is 0 Å². The van der Waals surface area contributed by atoms with E-state index in [1.54, 1.807) is 30.3 Å². The number of ether oxygens (including phenoxy) is 1. The molecule has 260 valence electrons. The van der Waals surface area contributed by atoms with E-state index in [9.17, 15) is 14.7 Å². The van der Waals surface area contributed by atoms with Crippen LogP contribution in [0.2, 0.25) is 0 Å². The van der Waals surface area contributed by atoms with Crippen molar-refractivity contribution in [3.8, 4) is 33.9 Å². The highest BCUT2D eigenvalue weighted by Gasteiger charge is 2.37. The van der Waals surface area contributed by atoms with Gasteiger partial charge in [-0.25, -0.2) is 4.68 Å². The number of carbonyl (C=O) groups excluding carboxylic acids is 2. The van der Waals surface area contributed by atoms with Crippen LogP contribution in [0.25, 0.3) is 22.4 Å². The predicted molar refractivity (Wildman–Crippen MR) is 185 cm³/mol. The number of imide groups is 1. The molecule has 1 aliphatic carbocycles. The number of nitrogens with two attached hydrogens (primary N) is 1. The number of amides is 2. The fourth-order valence-corrected chi connectivity index (χ4v) is 8.39. The van der Waals surface area contributed by atoms with E-state index in [2.05, 4.69) is 42.5 Å². The molecule has 2 amide bonds. The summed E-state index contributed by atoms with van der Waals surface area (Å²) in [5.41, 5.74) is 9.84. The van der Waals surface area contributed by atoms with Gasteiger partial charge in [-0.3, -0.25) is 14.9 Å². The predicted octanol–water partition coefficient (Wildman–Crippen LogP) is 4.80. The Balaban J connectivity index is 0.900. The summed E-state index contributed by atoms with van der Waals surface area (Å²) in [7, 11) is 0. The lowest BCUT2D eigenvalue weighted by molar-refractivity contribution is -0.134. The molecular formula is C37H41FN8O4. The molecule has 0 radical (unpaired) electrons. The Morgan fingerprint density at radius 3 is 2.46 bits per heavy atom. The van der Waals surface area contributed by atoms with E-state index in [-0.39, 0.29) is 41.0 Å². The van der Waals surface area contributed by atoms with Gasteiger partial charge in [-0.1, -0.05) is 24.3 Å². The van der Waals surface area contributed by atoms with Crippen molar-refractivity contribution in [2.24, 2.45) is 0 Å². The van der Waals surface area contributed by atoms with E-state index in [0.717, 1.165) is 63.1 Å². The van der Waals surface area contributed by atoms with Gasteiger partial charge >= 0.3 is 0 Å². The highest BCUT2D eigenvalue weighted by molar-refractivity contribution is 6.02. The van der Waals surface area contributed by atoms with E-state index in [0.29, 0.717) is 54.8 Å². The largest absolute Gasteiger partial charge is 0.507 e. The standard InChI is InChI=1S/C37H41FN8O4/c38-35-28(27-20-29(42-43-36(27)39)26-4-1-2-7-32(26)47)21-40-46(35)24-14-16-44(17-15-24)23-10-8-22(9-11-23)25-5-3-6-30-34(25)50-19-18-45(30)31-12-13-33(48)41-37(31)49/h1-7,20-24,31,47H,8-19H2,(H2,39,43)(H,41,48,49)/t22?,23?,31-/m0/s1. The normalized spacial score (nSPS) is 23.3. The number of phenols is 1. The number of nitrogens with one attached hydrogen (secondary N) is 1. The summed E-state index contributed by atoms with van der Waals surface area (Å²) < 4.78 is 23.7. The molecule has 8 rings (SSSR count). The van der Waals surface area contributed by atoms with Gasteiger partial charge in [-0.05, 0) is 80.7 Å². The molecule has 4 aromatic rings. The number of benzene rings is 2. The molecule has 1 atom stereocenters. The average Bonchev–Trinajstić information content (AvgIpc) is 3.52. The number of anilines is 2. The second-order valence-electron chi connectivity index (χ2n) is 13.8. The third kappa shape index (κ3) is 5.93. The van der Waals surface area contributed by atoms with Gasteiger partial charge in [-0.15, -0.1) is 10.2 Å². The minimum absolute atomic E-state index is 0.0558. The van der Waals surface area contributed by atoms with Crippen LogP contribution in [-0.4, -0.2) is 80.1 Å². The SMILES string of the molecule is Nc1nnc(-c2ccccc2O)cc1-c1cnn(C2CCN(C3CCC(c4cccc5c4OCCN5[C@H]4CCC(=O)NC4=O)CC3)CC2)c1F. The summed E-state index contributed by atoms with van der Waals surface area (Å²) in [6.07, 6.45) is 8.19. The average molecular weight is 681 g/mol. The lowest BCUT2D eigenvalue weighted by Gasteiger charge is -2.42. The van der Waals surface area contributed by atoms with Gasteiger partial charge in [0.15, 0.2) is 5.82 Å². The van der Waals surface area contributed by atoms with Crippen LogP contribution in [0.4, 0.5) is 15.9 Å². The first kappa shape index (κ1) is 32.2. The molecule has 12 nitrogen and oxygen atoms in total. The van der Waals surface area contributed by atoms with Crippen molar-refractivity contribution < 1.29 is 23.8 Å². The molecule has 2 saturated heterocycles. The summed E-state index contributed by atoms with van der Waals surface area (Å²) in [4.78, 5) is 29.1. The zero-order chi connectivity index (χ0) is 34.4. The van der Waals surface area contributed by atoms with E-state index >= 15 is 4.39 Å². The number of piperidine rings is 2. The van der Waals surface area contributed by atoms with Crippen molar-refractivity contribution in [1.82, 2.24) is 30.2 Å². The highest BCUT2D eigenvalue weighted by Crippen LogP contribution is 2.45. The van der Waals surface area contributed by atoms with Crippen LogP contribution >= 0.6 is 0 Å². The lowest BCUT2D eigenvalue weighted by Crippen LogP contribution is -2.54. The molecule has 2 aromatic heterocycles. The minimum atomic E-state index is -0.448. The molecule has 13 heteroatoms. The van der Waals surface area contributed by atoms with Gasteiger partial charge in [-0.2, -0.15) is 9.49 Å². The highest BCUT2D eigenvalue weighted by atomic mass is 19.1. The quantitative estimate of drug-likeness (QED) is 0.242. The molecule has 3 aliphatic heterocycles. The molecular weight excluding hydrogens is 639 g/mol. The van der Waals surface area contributed by atoms with Gasteiger partial charge in [0.1, 0.15) is 24.1 Å². The van der Waals surface area contributed by atoms with Crippen LogP contribution in [-0.2, 0) is 9.59 Å². The smallest absolute Gasteiger partial charge is 0.249 e. The molecule has 0 spiro atoms. The Hall–Kier alpha value is -5.04. The fraction of sp³-hybridized carbons (Fsp3) is 0.432. The van der Waals surface area contributed by atoms with E-state index < -0.39 is 5.95 Å². The maximum absolute atomic E-state index is 15.9. The third-order valence-electron chi connectivity index (χ3n) is 11.0. The maximum atomic E-state index is 15.9. The number of hydrogen-bond donors (Lipinski definition) is 3. The van der Waals surface area contributed by atoms with E-state index in [4.69, 9.17) is 10.5 Å². The molecule has 2 aromatic carbocycles. The Labute approximate surface area is 289 Å². The molecule has 4 N–H and O–H groups in total. The van der Waals surface area contributed by atoms with Gasteiger partial charge in [0.05, 0.1) is 35.7 Å². The molecule has 5 heterocycles. The molecule has 4 aliphatic rings. The fourth-order valence-electron chi connectivity index (χ4n) is 8.39. The Bertz CT molecular complexity index is 1920. The second-order valence-corrected chi connectivity index (χ2v) is 13.8. The molecule has 3 fully saturated rings. The number of nitrogens with zero attached hydrogens (tertiary/aromatic N) is 6. The number of fused-ring (bicyclic) bond motifs is 1. The Morgan fingerprint density at radius 1 is 0.880 bits per heavy atom. The number of para-hydroxylation sites is 2. The summed E-state index contributed by atoms with van der Waals surface area (Å²) in [5.74, 6) is 0.529. The number of halogens is 1. The Kier molecular flexibility index (Phi) is 8.59. The minimum Gasteiger partial charge on any atom is -0.507 e. The number of likely N-dealkylation sites (tertiary alicyclic amines) is 1. The van der Waals surface area contributed by atoms with Crippen molar-refractivity contribution in [3.63, 3.8) is 0 Å². The molecule has 0 unspecified atom stereocenters. The summed E-state index contributed by atoms with van der Waals surface area (Å²) in [6.45, 7) is 2.87. The third-order valence-corrected chi connectivity index (χ3v) is 11.0. The summed E-state index contributed by atoms with van der Waals surface area (Å²) in [6, 6.07) is 14.7. The lowest BCUT2D eigenvalue weighted by atomic mass is 9.80. The van der Waals surface area contributed by atoms with E-state index in [1.807, 2.05) is 6.07 Å². The topological polar surface area (TPSA) is 152 Å². The van der Waals surface area contributed by atoms with Gasteiger partial charge in [0, 0.05) is 36.7 Å². The first-order valence-corrected chi connectivity index (χ1v) is 17.6. The number of aromatic hydroxyl groups is 1. The van der Waals surface area contributed by atoms with Crippen molar-refractivity contribution in [2.75, 3.05) is 36.9 Å². The molecule has 50 heavy (non-hydrogen) atoms. The zero-order valence-corrected chi connectivity index (χ0v) is 27.8. The van der Waals surface area contributed by atoms with Gasteiger partial charge < -0.3 is 25.4 Å². The summed E-state index contributed by atoms with van der Waals surface area (Å²) in [5, 5.41) is 25.4. The van der Waals surface area contributed by atoms with Crippen LogP contribution in [0.5, 0.6) is 11.5 Å². The maximum Gasteiger partial charge on any atom is 0.249 e. The van der Waals surface area contributed by atoms with Crippen LogP contribution in [0.15, 0.2) is 54.7 Å². The second kappa shape index (κ2) is 13.3. The van der Waals surface area contributed by atoms with Crippen molar-refractivity contribution in [2.45, 2.75) is 75.4 Å². The molecule has 1 saturated carbocycles. The number of rotatable bonds is 6.